The third-order valence-corrected chi connectivity index (χ3v) is 3.36. The Kier molecular flexibility index (Phi) is 4.63. The summed E-state index contributed by atoms with van der Waals surface area (Å²) < 4.78 is 10.5. The Balaban J connectivity index is 2.18. The second kappa shape index (κ2) is 6.32. The van der Waals surface area contributed by atoms with E-state index in [9.17, 15) is 9.59 Å². The number of rotatable bonds is 6. The van der Waals surface area contributed by atoms with Crippen molar-refractivity contribution in [1.82, 2.24) is 0 Å². The van der Waals surface area contributed by atoms with Crippen LogP contribution in [0.1, 0.15) is 26.3 Å². The fourth-order valence-corrected chi connectivity index (χ4v) is 2.24. The molecule has 23 heavy (non-hydrogen) atoms. The molecule has 0 saturated carbocycles. The van der Waals surface area contributed by atoms with E-state index in [2.05, 4.69) is 10.6 Å². The minimum absolute atomic E-state index is 0.295. The highest BCUT2D eigenvalue weighted by molar-refractivity contribution is 5.74. The van der Waals surface area contributed by atoms with E-state index in [1.165, 1.54) is 0 Å². The van der Waals surface area contributed by atoms with Crippen LogP contribution in [0.25, 0.3) is 0 Å². The van der Waals surface area contributed by atoms with E-state index in [-0.39, 0.29) is 5.54 Å². The summed E-state index contributed by atoms with van der Waals surface area (Å²) in [5.74, 6) is 1.34. The zero-order valence-corrected chi connectivity index (χ0v) is 14.1. The monoisotopic (exact) mass is 318 g/mol. The molecule has 0 aliphatic rings. The van der Waals surface area contributed by atoms with Gasteiger partial charge in [-0.3, -0.25) is 9.59 Å². The van der Waals surface area contributed by atoms with Crippen molar-refractivity contribution in [3.05, 3.63) is 44.2 Å². The maximum Gasteiger partial charge on any atom is 0.253 e. The molecule has 0 aliphatic heterocycles. The van der Waals surface area contributed by atoms with Gasteiger partial charge >= 0.3 is 0 Å². The Hall–Kier alpha value is -2.50. The van der Waals surface area contributed by atoms with Crippen molar-refractivity contribution in [2.45, 2.75) is 32.9 Å². The maximum absolute atomic E-state index is 11.8. The van der Waals surface area contributed by atoms with Crippen LogP contribution in [0, 0.1) is 0 Å². The molecule has 2 N–H and O–H groups in total. The first-order valence-corrected chi connectivity index (χ1v) is 7.33. The van der Waals surface area contributed by atoms with Gasteiger partial charge < -0.3 is 20.1 Å². The lowest BCUT2D eigenvalue weighted by Crippen LogP contribution is -2.41. The Morgan fingerprint density at radius 2 is 1.65 bits per heavy atom. The summed E-state index contributed by atoms with van der Waals surface area (Å²) >= 11 is 0. The van der Waals surface area contributed by atoms with Gasteiger partial charge in [0.1, 0.15) is 22.9 Å². The molecule has 0 heterocycles. The van der Waals surface area contributed by atoms with Gasteiger partial charge in [0.05, 0.1) is 14.2 Å². The molecule has 0 radical (unpaired) electrons. The number of benzene rings is 1. The first-order valence-electron chi connectivity index (χ1n) is 7.33. The standard InChI is InChI=1S/C17H22N2O4/c1-17(2,3)19-14-13(15(20)16(14)21)18-9-10-6-7-11(22-4)8-12(10)23-5/h6-8,18-19H,9H2,1-5H3. The van der Waals surface area contributed by atoms with Gasteiger partial charge in [-0.2, -0.15) is 0 Å². The van der Waals surface area contributed by atoms with E-state index >= 15 is 0 Å². The topological polar surface area (TPSA) is 76.7 Å². The van der Waals surface area contributed by atoms with Gasteiger partial charge in [-0.25, -0.2) is 0 Å². The van der Waals surface area contributed by atoms with Gasteiger partial charge in [-0.15, -0.1) is 0 Å². The molecule has 0 fully saturated rings. The predicted molar refractivity (Wildman–Crippen MR) is 91.6 cm³/mol. The number of anilines is 2. The van der Waals surface area contributed by atoms with E-state index < -0.39 is 10.9 Å². The Bertz CT molecular complexity index is 768. The number of hydrogen-bond donors (Lipinski definition) is 2. The average Bonchev–Trinajstić information content (AvgIpc) is 2.52. The number of methoxy groups -OCH3 is 2. The summed E-state index contributed by atoms with van der Waals surface area (Å²) in [6.45, 7) is 6.16. The highest BCUT2D eigenvalue weighted by atomic mass is 16.5. The second-order valence-corrected chi connectivity index (χ2v) is 6.31. The van der Waals surface area contributed by atoms with Crippen LogP contribution in [0.2, 0.25) is 0 Å². The molecule has 0 amide bonds. The normalized spacial score (nSPS) is 11.3. The summed E-state index contributed by atoms with van der Waals surface area (Å²) in [6.07, 6.45) is 0. The van der Waals surface area contributed by atoms with Crippen molar-refractivity contribution >= 4 is 11.4 Å². The smallest absolute Gasteiger partial charge is 0.253 e. The fraction of sp³-hybridized carbons (Fsp3) is 0.412. The minimum Gasteiger partial charge on any atom is -0.497 e. The largest absolute Gasteiger partial charge is 0.497 e. The zero-order chi connectivity index (χ0) is 17.2. The van der Waals surface area contributed by atoms with Crippen molar-refractivity contribution in [2.24, 2.45) is 0 Å². The van der Waals surface area contributed by atoms with Gasteiger partial charge in [0.15, 0.2) is 0 Å². The lowest BCUT2D eigenvalue weighted by Gasteiger charge is -2.25. The van der Waals surface area contributed by atoms with Crippen LogP contribution in [0.3, 0.4) is 0 Å². The van der Waals surface area contributed by atoms with E-state index in [0.717, 1.165) is 5.56 Å². The molecule has 2 rings (SSSR count). The quantitative estimate of drug-likeness (QED) is 0.795. The van der Waals surface area contributed by atoms with Crippen LogP contribution < -0.4 is 31.0 Å². The van der Waals surface area contributed by atoms with Gasteiger partial charge in [0.2, 0.25) is 0 Å². The molecular formula is C17H22N2O4. The van der Waals surface area contributed by atoms with E-state index in [1.807, 2.05) is 32.9 Å². The second-order valence-electron chi connectivity index (χ2n) is 6.31. The van der Waals surface area contributed by atoms with Crippen LogP contribution in [0.4, 0.5) is 11.4 Å². The molecule has 0 bridgehead atoms. The van der Waals surface area contributed by atoms with Gasteiger partial charge in [0.25, 0.3) is 10.9 Å². The minimum atomic E-state index is -0.496. The van der Waals surface area contributed by atoms with E-state index in [1.54, 1.807) is 20.3 Å². The third kappa shape index (κ3) is 3.64. The number of ether oxygens (including phenoxy) is 2. The molecule has 0 atom stereocenters. The lowest BCUT2D eigenvalue weighted by atomic mass is 10.1. The summed E-state index contributed by atoms with van der Waals surface area (Å²) in [7, 11) is 3.16. The highest BCUT2D eigenvalue weighted by Gasteiger charge is 2.24. The molecule has 124 valence electrons. The Morgan fingerprint density at radius 3 is 2.22 bits per heavy atom. The summed E-state index contributed by atoms with van der Waals surface area (Å²) in [5, 5.41) is 6.09. The van der Waals surface area contributed by atoms with Crippen molar-refractivity contribution in [3.63, 3.8) is 0 Å². The van der Waals surface area contributed by atoms with E-state index in [0.29, 0.717) is 29.4 Å². The van der Waals surface area contributed by atoms with Crippen LogP contribution in [0.5, 0.6) is 11.5 Å². The molecule has 6 heteroatoms. The lowest BCUT2D eigenvalue weighted by molar-refractivity contribution is 0.391. The molecule has 0 saturated heterocycles. The van der Waals surface area contributed by atoms with Crippen molar-refractivity contribution < 1.29 is 9.47 Å². The Morgan fingerprint density at radius 1 is 1.00 bits per heavy atom. The van der Waals surface area contributed by atoms with Crippen LogP contribution >= 0.6 is 0 Å². The molecule has 0 aliphatic carbocycles. The van der Waals surface area contributed by atoms with Crippen molar-refractivity contribution in [3.8, 4) is 11.5 Å². The molecule has 6 nitrogen and oxygen atoms in total. The Labute approximate surface area is 135 Å². The molecule has 0 spiro atoms. The first-order chi connectivity index (χ1) is 10.8. The number of hydrogen-bond acceptors (Lipinski definition) is 6. The van der Waals surface area contributed by atoms with Gasteiger partial charge in [0, 0.05) is 23.7 Å². The number of nitrogens with one attached hydrogen (secondary N) is 2. The van der Waals surface area contributed by atoms with Crippen molar-refractivity contribution in [1.29, 1.82) is 0 Å². The summed E-state index contributed by atoms with van der Waals surface area (Å²) in [6, 6.07) is 5.44. The van der Waals surface area contributed by atoms with Crippen LogP contribution in [0.15, 0.2) is 27.8 Å². The van der Waals surface area contributed by atoms with E-state index in [4.69, 9.17) is 9.47 Å². The van der Waals surface area contributed by atoms with Gasteiger partial charge in [-0.05, 0) is 32.9 Å². The van der Waals surface area contributed by atoms with Gasteiger partial charge in [-0.1, -0.05) is 0 Å². The van der Waals surface area contributed by atoms with Crippen molar-refractivity contribution in [2.75, 3.05) is 24.9 Å². The molecule has 0 aromatic heterocycles. The zero-order valence-electron chi connectivity index (χ0n) is 14.1. The SMILES string of the molecule is COc1ccc(CNc2c(NC(C)(C)C)c(=O)c2=O)c(OC)c1. The first kappa shape index (κ1) is 16.9. The maximum atomic E-state index is 11.8. The predicted octanol–water partition coefficient (Wildman–Crippen LogP) is 2.12. The average molecular weight is 318 g/mol. The highest BCUT2D eigenvalue weighted by Crippen LogP contribution is 2.26. The molecular weight excluding hydrogens is 296 g/mol. The van der Waals surface area contributed by atoms with Crippen LogP contribution in [-0.4, -0.2) is 19.8 Å². The van der Waals surface area contributed by atoms with Crippen LogP contribution in [-0.2, 0) is 6.54 Å². The molecule has 2 aromatic carbocycles. The third-order valence-electron chi connectivity index (χ3n) is 3.36. The fourth-order valence-electron chi connectivity index (χ4n) is 2.24. The summed E-state index contributed by atoms with van der Waals surface area (Å²) in [4.78, 5) is 23.5. The molecule has 0 unspecified atom stereocenters. The molecule has 2 aromatic rings. The summed E-state index contributed by atoms with van der Waals surface area (Å²) in [5.41, 5.74) is 0.255.